The molecule has 6 heteroatoms. The van der Waals surface area contributed by atoms with Crippen molar-refractivity contribution in [3.8, 4) is 22.6 Å². The van der Waals surface area contributed by atoms with E-state index in [0.29, 0.717) is 11.5 Å². The van der Waals surface area contributed by atoms with Crippen LogP contribution in [0.25, 0.3) is 22.6 Å². The molecule has 0 amide bonds. The second kappa shape index (κ2) is 5.05. The van der Waals surface area contributed by atoms with Gasteiger partial charge in [-0.15, -0.1) is 0 Å². The number of aromatic nitrogens is 4. The Morgan fingerprint density at radius 1 is 1.25 bits per heavy atom. The minimum atomic E-state index is -0.186. The van der Waals surface area contributed by atoms with Gasteiger partial charge in [-0.05, 0) is 12.1 Å². The van der Waals surface area contributed by atoms with Gasteiger partial charge in [0, 0.05) is 34.9 Å². The molecule has 0 spiro atoms. The van der Waals surface area contributed by atoms with Crippen molar-refractivity contribution in [3.05, 3.63) is 57.6 Å². The molecule has 2 heterocycles. The highest BCUT2D eigenvalue weighted by molar-refractivity contribution is 9.10. The van der Waals surface area contributed by atoms with Gasteiger partial charge in [-0.25, -0.2) is 4.98 Å². The highest BCUT2D eigenvalue weighted by atomic mass is 79.9. The van der Waals surface area contributed by atoms with Crippen LogP contribution in [0.3, 0.4) is 0 Å². The summed E-state index contributed by atoms with van der Waals surface area (Å²) in [4.78, 5) is 19.1. The topological polar surface area (TPSA) is 63.6 Å². The highest BCUT2D eigenvalue weighted by Gasteiger charge is 2.07. The maximum Gasteiger partial charge on any atom is 0.251 e. The van der Waals surface area contributed by atoms with Crippen LogP contribution in [0.2, 0.25) is 0 Å². The van der Waals surface area contributed by atoms with Gasteiger partial charge >= 0.3 is 0 Å². The molecule has 0 fully saturated rings. The van der Waals surface area contributed by atoms with Gasteiger partial charge in [-0.3, -0.25) is 9.48 Å². The van der Waals surface area contributed by atoms with Gasteiger partial charge in [-0.2, -0.15) is 5.10 Å². The van der Waals surface area contributed by atoms with Crippen LogP contribution in [-0.2, 0) is 7.05 Å². The van der Waals surface area contributed by atoms with Gasteiger partial charge in [0.2, 0.25) is 0 Å². The molecule has 3 aromatic rings. The van der Waals surface area contributed by atoms with Crippen LogP contribution in [0.5, 0.6) is 0 Å². The maximum atomic E-state index is 11.8. The predicted molar refractivity (Wildman–Crippen MR) is 80.2 cm³/mol. The third kappa shape index (κ3) is 2.55. The van der Waals surface area contributed by atoms with Crippen molar-refractivity contribution in [1.82, 2.24) is 19.7 Å². The van der Waals surface area contributed by atoms with Gasteiger partial charge in [0.25, 0.3) is 5.56 Å². The monoisotopic (exact) mass is 330 g/mol. The van der Waals surface area contributed by atoms with Crippen molar-refractivity contribution in [2.75, 3.05) is 0 Å². The van der Waals surface area contributed by atoms with Crippen LogP contribution in [0, 0.1) is 0 Å². The quantitative estimate of drug-likeness (QED) is 0.785. The lowest BCUT2D eigenvalue weighted by molar-refractivity contribution is 0.768. The molecule has 1 aromatic carbocycles. The van der Waals surface area contributed by atoms with Crippen molar-refractivity contribution in [2.45, 2.75) is 0 Å². The summed E-state index contributed by atoms with van der Waals surface area (Å²) < 4.78 is 2.61. The lowest BCUT2D eigenvalue weighted by atomic mass is 10.2. The van der Waals surface area contributed by atoms with Gasteiger partial charge < -0.3 is 4.98 Å². The van der Waals surface area contributed by atoms with E-state index in [9.17, 15) is 4.79 Å². The number of nitrogens with zero attached hydrogens (tertiary/aromatic N) is 3. The number of rotatable bonds is 2. The number of H-pyrrole nitrogens is 1. The zero-order valence-corrected chi connectivity index (χ0v) is 12.3. The van der Waals surface area contributed by atoms with E-state index in [2.05, 4.69) is 31.0 Å². The second-order valence-corrected chi connectivity index (χ2v) is 5.31. The predicted octanol–water partition coefficient (Wildman–Crippen LogP) is 2.60. The number of hydrogen-bond acceptors (Lipinski definition) is 3. The Balaban J connectivity index is 2.14. The number of halogens is 1. The van der Waals surface area contributed by atoms with Crippen LogP contribution in [-0.4, -0.2) is 19.7 Å². The van der Waals surface area contributed by atoms with Gasteiger partial charge in [0.05, 0.1) is 11.9 Å². The first-order valence-corrected chi connectivity index (χ1v) is 6.77. The molecule has 0 saturated carbocycles. The minimum absolute atomic E-state index is 0.186. The molecular weight excluding hydrogens is 320 g/mol. The largest absolute Gasteiger partial charge is 0.306 e. The molecule has 0 unspecified atom stereocenters. The SMILES string of the molecule is Cn1cc(-c2cc(=O)[nH]c(-c3cccc(Br)c3)n2)cn1. The van der Waals surface area contributed by atoms with Crippen molar-refractivity contribution < 1.29 is 0 Å². The smallest absolute Gasteiger partial charge is 0.251 e. The van der Waals surface area contributed by atoms with Crippen LogP contribution < -0.4 is 5.56 Å². The zero-order chi connectivity index (χ0) is 14.1. The van der Waals surface area contributed by atoms with Crippen LogP contribution in [0.15, 0.2) is 52.0 Å². The molecule has 0 aliphatic heterocycles. The molecule has 3 rings (SSSR count). The van der Waals surface area contributed by atoms with Crippen molar-refractivity contribution in [2.24, 2.45) is 7.05 Å². The van der Waals surface area contributed by atoms with E-state index in [1.165, 1.54) is 6.07 Å². The lowest BCUT2D eigenvalue weighted by Gasteiger charge is -2.03. The first-order chi connectivity index (χ1) is 9.61. The fourth-order valence-electron chi connectivity index (χ4n) is 1.93. The third-order valence-corrected chi connectivity index (χ3v) is 3.33. The molecule has 5 nitrogen and oxygen atoms in total. The summed E-state index contributed by atoms with van der Waals surface area (Å²) in [6, 6.07) is 9.10. The number of nitrogens with one attached hydrogen (secondary N) is 1. The van der Waals surface area contributed by atoms with E-state index in [-0.39, 0.29) is 5.56 Å². The van der Waals surface area contributed by atoms with E-state index in [1.807, 2.05) is 37.5 Å². The van der Waals surface area contributed by atoms with E-state index in [4.69, 9.17) is 0 Å². The standard InChI is InChI=1S/C14H11BrN4O/c1-19-8-10(7-16-19)12-6-13(20)18-14(17-12)9-3-2-4-11(15)5-9/h2-8H,1H3,(H,17,18,20). The third-order valence-electron chi connectivity index (χ3n) is 2.84. The Kier molecular flexibility index (Phi) is 3.23. The molecular formula is C14H11BrN4O. The summed E-state index contributed by atoms with van der Waals surface area (Å²) in [5, 5.41) is 4.10. The Labute approximate surface area is 123 Å². The average molecular weight is 331 g/mol. The lowest BCUT2D eigenvalue weighted by Crippen LogP contribution is -2.08. The van der Waals surface area contributed by atoms with Crippen LogP contribution >= 0.6 is 15.9 Å². The first-order valence-electron chi connectivity index (χ1n) is 5.98. The van der Waals surface area contributed by atoms with Crippen LogP contribution in [0.4, 0.5) is 0 Å². The normalized spacial score (nSPS) is 10.7. The summed E-state index contributed by atoms with van der Waals surface area (Å²) in [5.74, 6) is 0.539. The molecule has 100 valence electrons. The molecule has 2 aromatic heterocycles. The molecule has 0 aliphatic rings. The van der Waals surface area contributed by atoms with Gasteiger partial charge in [0.15, 0.2) is 0 Å². The summed E-state index contributed by atoms with van der Waals surface area (Å²) >= 11 is 3.41. The van der Waals surface area contributed by atoms with Crippen molar-refractivity contribution >= 4 is 15.9 Å². The van der Waals surface area contributed by atoms with E-state index >= 15 is 0 Å². The summed E-state index contributed by atoms with van der Waals surface area (Å²) in [6.45, 7) is 0. The van der Waals surface area contributed by atoms with Crippen molar-refractivity contribution in [3.63, 3.8) is 0 Å². The Morgan fingerprint density at radius 2 is 2.10 bits per heavy atom. The fourth-order valence-corrected chi connectivity index (χ4v) is 2.33. The van der Waals surface area contributed by atoms with E-state index in [0.717, 1.165) is 15.6 Å². The number of benzene rings is 1. The Hall–Kier alpha value is -2.21. The van der Waals surface area contributed by atoms with Gasteiger partial charge in [-0.1, -0.05) is 28.1 Å². The minimum Gasteiger partial charge on any atom is -0.306 e. The molecule has 0 radical (unpaired) electrons. The van der Waals surface area contributed by atoms with Gasteiger partial charge in [0.1, 0.15) is 5.82 Å². The molecule has 0 saturated heterocycles. The van der Waals surface area contributed by atoms with Crippen LogP contribution in [0.1, 0.15) is 0 Å². The summed E-state index contributed by atoms with van der Waals surface area (Å²) in [7, 11) is 1.83. The second-order valence-electron chi connectivity index (χ2n) is 4.39. The maximum absolute atomic E-state index is 11.8. The average Bonchev–Trinajstić information content (AvgIpc) is 2.85. The molecule has 1 N–H and O–H groups in total. The molecule has 20 heavy (non-hydrogen) atoms. The zero-order valence-electron chi connectivity index (χ0n) is 10.7. The number of hydrogen-bond donors (Lipinski definition) is 1. The van der Waals surface area contributed by atoms with E-state index < -0.39 is 0 Å². The summed E-state index contributed by atoms with van der Waals surface area (Å²) in [5.41, 5.74) is 2.09. The first kappa shape index (κ1) is 12.8. The molecule has 0 bridgehead atoms. The number of aryl methyl sites for hydroxylation is 1. The fraction of sp³-hybridized carbons (Fsp3) is 0.0714. The highest BCUT2D eigenvalue weighted by Crippen LogP contribution is 2.21. The molecule has 0 atom stereocenters. The molecule has 0 aliphatic carbocycles. The summed E-state index contributed by atoms with van der Waals surface area (Å²) in [6.07, 6.45) is 3.51. The number of aromatic amines is 1. The van der Waals surface area contributed by atoms with Crippen molar-refractivity contribution in [1.29, 1.82) is 0 Å². The Bertz CT molecular complexity index is 822. The Morgan fingerprint density at radius 3 is 2.80 bits per heavy atom. The van der Waals surface area contributed by atoms with E-state index in [1.54, 1.807) is 10.9 Å².